The topological polar surface area (TPSA) is 52.6 Å². The third-order valence-electron chi connectivity index (χ3n) is 5.61. The van der Waals surface area contributed by atoms with Crippen molar-refractivity contribution in [2.45, 2.75) is 37.6 Å². The van der Waals surface area contributed by atoms with Crippen LogP contribution in [-0.2, 0) is 4.74 Å². The van der Waals surface area contributed by atoms with Crippen LogP contribution in [0.25, 0.3) is 0 Å². The minimum Gasteiger partial charge on any atom is -0.494 e. The molecule has 0 unspecified atom stereocenters. The van der Waals surface area contributed by atoms with Crippen molar-refractivity contribution in [2.75, 3.05) is 33.0 Å². The first-order valence-electron chi connectivity index (χ1n) is 10.5. The van der Waals surface area contributed by atoms with Crippen molar-refractivity contribution in [1.29, 1.82) is 0 Å². The molecule has 2 aliphatic rings. The van der Waals surface area contributed by atoms with Gasteiger partial charge in [0.2, 0.25) is 0 Å². The number of hydrogen-bond acceptors (Lipinski definition) is 5. The average Bonchev–Trinajstić information content (AvgIpc) is 3.47. The summed E-state index contributed by atoms with van der Waals surface area (Å²) in [7, 11) is 0. The minimum atomic E-state index is 0.501. The van der Waals surface area contributed by atoms with E-state index in [2.05, 4.69) is 16.4 Å². The van der Waals surface area contributed by atoms with Gasteiger partial charge in [-0.3, -0.25) is 4.98 Å². The fraction of sp³-hybridized carbons (Fsp3) is 0.522. The van der Waals surface area contributed by atoms with Crippen molar-refractivity contribution in [1.82, 2.24) is 10.3 Å². The van der Waals surface area contributed by atoms with E-state index in [0.29, 0.717) is 24.5 Å². The van der Waals surface area contributed by atoms with Gasteiger partial charge in [-0.15, -0.1) is 0 Å². The Morgan fingerprint density at radius 3 is 2.69 bits per heavy atom. The van der Waals surface area contributed by atoms with Crippen molar-refractivity contribution in [3.8, 4) is 11.5 Å². The molecule has 1 aliphatic heterocycles. The molecule has 0 bridgehead atoms. The van der Waals surface area contributed by atoms with Gasteiger partial charge in [0.15, 0.2) is 0 Å². The zero-order valence-electron chi connectivity index (χ0n) is 16.7. The fourth-order valence-electron chi connectivity index (χ4n) is 3.60. The smallest absolute Gasteiger partial charge is 0.137 e. The van der Waals surface area contributed by atoms with Crippen molar-refractivity contribution < 1.29 is 14.2 Å². The van der Waals surface area contributed by atoms with Crippen molar-refractivity contribution in [3.05, 3.63) is 53.3 Å². The molecule has 1 aromatic heterocycles. The predicted molar refractivity (Wildman–Crippen MR) is 114 cm³/mol. The monoisotopic (exact) mass is 416 g/mol. The number of pyridine rings is 1. The van der Waals surface area contributed by atoms with Gasteiger partial charge < -0.3 is 19.5 Å². The van der Waals surface area contributed by atoms with Crippen LogP contribution in [0.5, 0.6) is 11.5 Å². The molecule has 0 spiro atoms. The summed E-state index contributed by atoms with van der Waals surface area (Å²) in [6, 6.07) is 10.1. The lowest BCUT2D eigenvalue weighted by Gasteiger charge is -2.27. The maximum Gasteiger partial charge on any atom is 0.137 e. The van der Waals surface area contributed by atoms with Crippen LogP contribution in [0.1, 0.15) is 37.2 Å². The zero-order chi connectivity index (χ0) is 19.9. The lowest BCUT2D eigenvalue weighted by molar-refractivity contribution is 0.114. The molecule has 1 saturated heterocycles. The van der Waals surface area contributed by atoms with E-state index in [4.69, 9.17) is 25.8 Å². The Bertz CT molecular complexity index is 767. The summed E-state index contributed by atoms with van der Waals surface area (Å²) in [5.74, 6) is 3.04. The highest BCUT2D eigenvalue weighted by Crippen LogP contribution is 2.49. The number of aromatic nitrogens is 1. The summed E-state index contributed by atoms with van der Waals surface area (Å²) in [6.07, 6.45) is 8.20. The quantitative estimate of drug-likeness (QED) is 0.518. The van der Waals surface area contributed by atoms with E-state index in [-0.39, 0.29) is 0 Å². The molecule has 0 amide bonds. The first-order valence-corrected chi connectivity index (χ1v) is 10.9. The Hall–Kier alpha value is -1.82. The zero-order valence-corrected chi connectivity index (χ0v) is 17.4. The number of halogens is 1. The van der Waals surface area contributed by atoms with Crippen LogP contribution in [-0.4, -0.2) is 44.0 Å². The van der Waals surface area contributed by atoms with Gasteiger partial charge in [0.1, 0.15) is 18.1 Å². The third-order valence-corrected chi connectivity index (χ3v) is 5.86. The summed E-state index contributed by atoms with van der Waals surface area (Å²) in [4.78, 5) is 4.36. The number of nitrogens with zero attached hydrogens (tertiary/aromatic N) is 1. The molecule has 1 saturated carbocycles. The van der Waals surface area contributed by atoms with Crippen LogP contribution in [0.2, 0.25) is 5.02 Å². The maximum absolute atomic E-state index is 5.87. The van der Waals surface area contributed by atoms with Crippen LogP contribution in [0.3, 0.4) is 0 Å². The summed E-state index contributed by atoms with van der Waals surface area (Å²) in [6.45, 7) is 4.02. The summed E-state index contributed by atoms with van der Waals surface area (Å²) < 4.78 is 17.3. The SMILES string of the molecule is Clc1ccc(OCCCOCC[C@@H]2C[C@@H]2c2cncc(OC[C@@H]3CCN3)c2)cc1. The number of benzene rings is 1. The Labute approximate surface area is 177 Å². The van der Waals surface area contributed by atoms with Gasteiger partial charge in [-0.1, -0.05) is 11.6 Å². The normalized spacial score (nSPS) is 22.7. The highest BCUT2D eigenvalue weighted by atomic mass is 35.5. The van der Waals surface area contributed by atoms with Gasteiger partial charge in [-0.2, -0.15) is 0 Å². The van der Waals surface area contributed by atoms with Crippen molar-refractivity contribution >= 4 is 11.6 Å². The van der Waals surface area contributed by atoms with Crippen LogP contribution in [0.15, 0.2) is 42.7 Å². The number of rotatable bonds is 12. The van der Waals surface area contributed by atoms with Crippen LogP contribution >= 0.6 is 11.6 Å². The molecular formula is C23H29ClN2O3. The molecule has 4 rings (SSSR count). The summed E-state index contributed by atoms with van der Waals surface area (Å²) in [5.41, 5.74) is 1.30. The van der Waals surface area contributed by atoms with E-state index in [1.54, 1.807) is 0 Å². The Morgan fingerprint density at radius 1 is 1.03 bits per heavy atom. The van der Waals surface area contributed by atoms with E-state index in [1.165, 1.54) is 18.4 Å². The largest absolute Gasteiger partial charge is 0.494 e. The lowest BCUT2D eigenvalue weighted by Crippen LogP contribution is -2.46. The van der Waals surface area contributed by atoms with Crippen LogP contribution in [0.4, 0.5) is 0 Å². The Balaban J connectivity index is 1.07. The van der Waals surface area contributed by atoms with E-state index in [0.717, 1.165) is 55.7 Å². The second-order valence-electron chi connectivity index (χ2n) is 7.86. The second-order valence-corrected chi connectivity index (χ2v) is 8.30. The molecule has 1 N–H and O–H groups in total. The number of ether oxygens (including phenoxy) is 3. The molecule has 156 valence electrons. The Kier molecular flexibility index (Phi) is 7.25. The van der Waals surface area contributed by atoms with Crippen molar-refractivity contribution in [3.63, 3.8) is 0 Å². The summed E-state index contributed by atoms with van der Waals surface area (Å²) in [5, 5.41) is 4.07. The van der Waals surface area contributed by atoms with Gasteiger partial charge in [-0.05, 0) is 73.5 Å². The van der Waals surface area contributed by atoms with Gasteiger partial charge in [-0.25, -0.2) is 0 Å². The highest BCUT2D eigenvalue weighted by molar-refractivity contribution is 6.30. The van der Waals surface area contributed by atoms with E-state index in [1.807, 2.05) is 36.7 Å². The molecular weight excluding hydrogens is 388 g/mol. The molecule has 2 heterocycles. The minimum absolute atomic E-state index is 0.501. The number of hydrogen-bond donors (Lipinski definition) is 1. The molecule has 2 aromatic rings. The molecule has 6 heteroatoms. The van der Waals surface area contributed by atoms with Gasteiger partial charge >= 0.3 is 0 Å². The maximum atomic E-state index is 5.87. The van der Waals surface area contributed by atoms with Gasteiger partial charge in [0.25, 0.3) is 0 Å². The van der Waals surface area contributed by atoms with Gasteiger partial charge in [0, 0.05) is 36.9 Å². The van der Waals surface area contributed by atoms with E-state index >= 15 is 0 Å². The van der Waals surface area contributed by atoms with E-state index < -0.39 is 0 Å². The Morgan fingerprint density at radius 2 is 1.90 bits per heavy atom. The highest BCUT2D eigenvalue weighted by Gasteiger charge is 2.38. The van der Waals surface area contributed by atoms with E-state index in [9.17, 15) is 0 Å². The number of nitrogens with one attached hydrogen (secondary N) is 1. The first-order chi connectivity index (χ1) is 14.3. The lowest BCUT2D eigenvalue weighted by atomic mass is 10.1. The third kappa shape index (κ3) is 6.33. The molecule has 2 fully saturated rings. The molecule has 3 atom stereocenters. The molecule has 5 nitrogen and oxygen atoms in total. The molecule has 1 aliphatic carbocycles. The summed E-state index contributed by atoms with van der Waals surface area (Å²) >= 11 is 5.86. The van der Waals surface area contributed by atoms with Crippen molar-refractivity contribution in [2.24, 2.45) is 5.92 Å². The fourth-order valence-corrected chi connectivity index (χ4v) is 3.72. The first kappa shape index (κ1) is 20.5. The second kappa shape index (κ2) is 10.3. The predicted octanol–water partition coefficient (Wildman–Crippen LogP) is 4.46. The molecule has 0 radical (unpaired) electrons. The van der Waals surface area contributed by atoms with Crippen LogP contribution < -0.4 is 14.8 Å². The van der Waals surface area contributed by atoms with Gasteiger partial charge in [0.05, 0.1) is 12.8 Å². The van der Waals surface area contributed by atoms with Crippen LogP contribution in [0, 0.1) is 5.92 Å². The standard InChI is InChI=1S/C23H29ClN2O3/c24-19-2-4-21(5-3-19)28-10-1-9-27-11-7-17-13-23(17)18-12-22(15-25-14-18)29-16-20-6-8-26-20/h2-5,12,14-15,17,20,23,26H,1,6-11,13,16H2/t17-,20+,23+/m1/s1. The molecule has 1 aromatic carbocycles. The average molecular weight is 417 g/mol. The molecule has 29 heavy (non-hydrogen) atoms.